The maximum Gasteiger partial charge on any atom is 0.320 e. The molecule has 0 spiro atoms. The smallest absolute Gasteiger partial charge is 0.320 e. The summed E-state index contributed by atoms with van der Waals surface area (Å²) < 4.78 is 0. The molecule has 0 aromatic rings. The van der Waals surface area contributed by atoms with Crippen molar-refractivity contribution in [1.82, 2.24) is 15.5 Å². The van der Waals surface area contributed by atoms with Gasteiger partial charge in [-0.2, -0.15) is 0 Å². The minimum Gasteiger partial charge on any atom is -0.480 e. The lowest BCUT2D eigenvalue weighted by Gasteiger charge is -2.27. The number of piperazine rings is 1. The quantitative estimate of drug-likeness (QED) is 0.529. The number of nitrogens with zero attached hydrogens (tertiary/aromatic N) is 1. The minimum absolute atomic E-state index is 0.372. The van der Waals surface area contributed by atoms with Crippen molar-refractivity contribution >= 4 is 5.97 Å². The Kier molecular flexibility index (Phi) is 7.16. The zero-order chi connectivity index (χ0) is 12.5. The zero-order valence-electron chi connectivity index (χ0n) is 10.7. The summed E-state index contributed by atoms with van der Waals surface area (Å²) in [6.07, 6.45) is 2.80. The van der Waals surface area contributed by atoms with Crippen molar-refractivity contribution in [2.75, 3.05) is 39.3 Å². The molecular formula is C12H25N3O2. The monoisotopic (exact) mass is 243 g/mol. The molecule has 100 valence electrons. The topological polar surface area (TPSA) is 64.6 Å². The summed E-state index contributed by atoms with van der Waals surface area (Å²) in [4.78, 5) is 13.3. The molecule has 0 bridgehead atoms. The molecule has 5 heteroatoms. The first-order valence-electron chi connectivity index (χ1n) is 6.63. The van der Waals surface area contributed by atoms with E-state index in [0.717, 1.165) is 58.5 Å². The second kappa shape index (κ2) is 8.44. The number of likely N-dealkylation sites (N-methyl/N-ethyl adjacent to an activating group) is 1. The number of nitrogens with one attached hydrogen (secondary N) is 2. The molecule has 1 rings (SSSR count). The number of carbonyl (C=O) groups is 1. The Morgan fingerprint density at radius 3 is 2.71 bits per heavy atom. The van der Waals surface area contributed by atoms with E-state index >= 15 is 0 Å². The van der Waals surface area contributed by atoms with Crippen LogP contribution in [0.1, 0.15) is 26.2 Å². The van der Waals surface area contributed by atoms with E-state index in [1.54, 1.807) is 0 Å². The standard InChI is InChI=1S/C12H25N3O2/c1-2-14-11(12(16)17)5-3-4-8-15-9-6-13-7-10-15/h11,13-14H,2-10H2,1H3,(H,16,17)/t11-/m0/s1. The highest BCUT2D eigenvalue weighted by molar-refractivity contribution is 5.73. The van der Waals surface area contributed by atoms with Crippen molar-refractivity contribution in [3.8, 4) is 0 Å². The third-order valence-corrected chi connectivity index (χ3v) is 3.18. The molecule has 0 aromatic carbocycles. The lowest BCUT2D eigenvalue weighted by Crippen LogP contribution is -2.43. The van der Waals surface area contributed by atoms with Crippen LogP contribution in [0, 0.1) is 0 Å². The van der Waals surface area contributed by atoms with E-state index < -0.39 is 5.97 Å². The van der Waals surface area contributed by atoms with Gasteiger partial charge in [-0.25, -0.2) is 0 Å². The van der Waals surface area contributed by atoms with Crippen molar-refractivity contribution in [3.63, 3.8) is 0 Å². The maximum absolute atomic E-state index is 10.9. The summed E-state index contributed by atoms with van der Waals surface area (Å²) in [5.41, 5.74) is 0. The molecule has 0 aliphatic carbocycles. The molecule has 0 aromatic heterocycles. The summed E-state index contributed by atoms with van der Waals surface area (Å²) in [6, 6.07) is -0.372. The van der Waals surface area contributed by atoms with Gasteiger partial charge in [-0.15, -0.1) is 0 Å². The first-order valence-corrected chi connectivity index (χ1v) is 6.63. The van der Waals surface area contributed by atoms with Gasteiger partial charge in [-0.05, 0) is 25.9 Å². The SMILES string of the molecule is CCN[C@@H](CCCCN1CCNCC1)C(=O)O. The number of hydrogen-bond acceptors (Lipinski definition) is 4. The first kappa shape index (κ1) is 14.4. The van der Waals surface area contributed by atoms with Crippen LogP contribution >= 0.6 is 0 Å². The van der Waals surface area contributed by atoms with Crippen LogP contribution in [-0.2, 0) is 4.79 Å². The molecule has 1 saturated heterocycles. The maximum atomic E-state index is 10.9. The highest BCUT2D eigenvalue weighted by Crippen LogP contribution is 2.04. The number of aliphatic carboxylic acids is 1. The van der Waals surface area contributed by atoms with E-state index in [1.807, 2.05) is 6.92 Å². The molecule has 1 aliphatic rings. The van der Waals surface area contributed by atoms with Gasteiger partial charge >= 0.3 is 5.97 Å². The van der Waals surface area contributed by atoms with Crippen LogP contribution in [0.5, 0.6) is 0 Å². The second-order valence-electron chi connectivity index (χ2n) is 4.54. The van der Waals surface area contributed by atoms with Gasteiger partial charge in [0.1, 0.15) is 6.04 Å². The lowest BCUT2D eigenvalue weighted by atomic mass is 10.1. The zero-order valence-corrected chi connectivity index (χ0v) is 10.7. The van der Waals surface area contributed by atoms with E-state index in [4.69, 9.17) is 5.11 Å². The Morgan fingerprint density at radius 1 is 1.41 bits per heavy atom. The van der Waals surface area contributed by atoms with E-state index in [9.17, 15) is 4.79 Å². The van der Waals surface area contributed by atoms with Crippen molar-refractivity contribution in [1.29, 1.82) is 0 Å². The van der Waals surface area contributed by atoms with Gasteiger partial charge in [0, 0.05) is 26.2 Å². The molecular weight excluding hydrogens is 218 g/mol. The second-order valence-corrected chi connectivity index (χ2v) is 4.54. The first-order chi connectivity index (χ1) is 8.24. The van der Waals surface area contributed by atoms with Gasteiger partial charge in [-0.3, -0.25) is 4.79 Å². The van der Waals surface area contributed by atoms with E-state index in [0.29, 0.717) is 0 Å². The van der Waals surface area contributed by atoms with Gasteiger partial charge in [0.15, 0.2) is 0 Å². The Morgan fingerprint density at radius 2 is 2.12 bits per heavy atom. The van der Waals surface area contributed by atoms with Crippen LogP contribution in [0.15, 0.2) is 0 Å². The van der Waals surface area contributed by atoms with Crippen LogP contribution in [-0.4, -0.2) is 61.3 Å². The van der Waals surface area contributed by atoms with Gasteiger partial charge in [-0.1, -0.05) is 13.3 Å². The summed E-state index contributed by atoms with van der Waals surface area (Å²) in [7, 11) is 0. The molecule has 0 radical (unpaired) electrons. The van der Waals surface area contributed by atoms with E-state index in [2.05, 4.69) is 15.5 Å². The molecule has 5 nitrogen and oxygen atoms in total. The van der Waals surface area contributed by atoms with Crippen LogP contribution in [0.25, 0.3) is 0 Å². The molecule has 1 heterocycles. The van der Waals surface area contributed by atoms with Gasteiger partial charge in [0.2, 0.25) is 0 Å². The molecule has 1 aliphatic heterocycles. The Hall–Kier alpha value is -0.650. The average Bonchev–Trinajstić information content (AvgIpc) is 2.34. The molecule has 3 N–H and O–H groups in total. The predicted molar refractivity (Wildman–Crippen MR) is 68.3 cm³/mol. The predicted octanol–water partition coefficient (Wildman–Crippen LogP) is 0.125. The number of rotatable bonds is 8. The van der Waals surface area contributed by atoms with Gasteiger partial charge in [0.05, 0.1) is 0 Å². The summed E-state index contributed by atoms with van der Waals surface area (Å²) in [5, 5.41) is 15.3. The number of unbranched alkanes of at least 4 members (excludes halogenated alkanes) is 1. The molecule has 17 heavy (non-hydrogen) atoms. The highest BCUT2D eigenvalue weighted by atomic mass is 16.4. The fraction of sp³-hybridized carbons (Fsp3) is 0.917. The summed E-state index contributed by atoms with van der Waals surface area (Å²) in [5.74, 6) is -0.728. The Balaban J connectivity index is 2.06. The van der Waals surface area contributed by atoms with Crippen molar-refractivity contribution < 1.29 is 9.90 Å². The van der Waals surface area contributed by atoms with Crippen molar-refractivity contribution in [3.05, 3.63) is 0 Å². The van der Waals surface area contributed by atoms with Gasteiger partial charge < -0.3 is 20.6 Å². The number of hydrogen-bond donors (Lipinski definition) is 3. The number of carboxylic acids is 1. The third-order valence-electron chi connectivity index (χ3n) is 3.18. The fourth-order valence-corrected chi connectivity index (χ4v) is 2.18. The summed E-state index contributed by atoms with van der Waals surface area (Å²) >= 11 is 0. The van der Waals surface area contributed by atoms with Gasteiger partial charge in [0.25, 0.3) is 0 Å². The molecule has 1 fully saturated rings. The van der Waals surface area contributed by atoms with E-state index in [1.165, 1.54) is 0 Å². The highest BCUT2D eigenvalue weighted by Gasteiger charge is 2.15. The average molecular weight is 243 g/mol. The fourth-order valence-electron chi connectivity index (χ4n) is 2.18. The van der Waals surface area contributed by atoms with Crippen LogP contribution < -0.4 is 10.6 Å². The van der Waals surface area contributed by atoms with Crippen LogP contribution in [0.2, 0.25) is 0 Å². The normalized spacial score (nSPS) is 19.1. The molecule has 0 unspecified atom stereocenters. The number of carboxylic acid groups (broad SMARTS) is 1. The van der Waals surface area contributed by atoms with Crippen LogP contribution in [0.4, 0.5) is 0 Å². The molecule has 1 atom stereocenters. The van der Waals surface area contributed by atoms with Crippen molar-refractivity contribution in [2.45, 2.75) is 32.2 Å². The third kappa shape index (κ3) is 6.00. The largest absolute Gasteiger partial charge is 0.480 e. The van der Waals surface area contributed by atoms with Crippen LogP contribution in [0.3, 0.4) is 0 Å². The minimum atomic E-state index is -0.728. The molecule has 0 saturated carbocycles. The lowest BCUT2D eigenvalue weighted by molar-refractivity contribution is -0.139. The Labute approximate surface area is 104 Å². The van der Waals surface area contributed by atoms with Crippen molar-refractivity contribution in [2.24, 2.45) is 0 Å². The van der Waals surface area contributed by atoms with E-state index in [-0.39, 0.29) is 6.04 Å². The summed E-state index contributed by atoms with van der Waals surface area (Å²) in [6.45, 7) is 8.15. The Bertz CT molecular complexity index is 218. The molecule has 0 amide bonds.